The smallest absolute Gasteiger partial charge is 0.302 e. The molecule has 0 radical (unpaired) electrons. The van der Waals surface area contributed by atoms with E-state index in [2.05, 4.69) is 21.9 Å². The summed E-state index contributed by atoms with van der Waals surface area (Å²) in [5, 5.41) is 1.70. The third-order valence-corrected chi connectivity index (χ3v) is 5.38. The van der Waals surface area contributed by atoms with E-state index in [0.717, 1.165) is 17.7 Å². The Morgan fingerprint density at radius 3 is 2.71 bits per heavy atom. The molecule has 24 heavy (non-hydrogen) atoms. The number of imidazole rings is 1. The topological polar surface area (TPSA) is 63.6 Å². The summed E-state index contributed by atoms with van der Waals surface area (Å²) >= 11 is 19.7. The van der Waals surface area contributed by atoms with Crippen molar-refractivity contribution < 1.29 is 0 Å². The number of aromatic amines is 1. The third kappa shape index (κ3) is 3.57. The number of fused-ring (bicyclic) bond motifs is 1. The van der Waals surface area contributed by atoms with Gasteiger partial charge in [-0.05, 0) is 24.1 Å². The van der Waals surface area contributed by atoms with E-state index in [4.69, 9.17) is 34.8 Å². The standard InChI is InChI=1S/C15H13Cl3N4OS/c1-2-5-24-14-20-12(18)11-13(21-14)22(15(23)19-11)7-8-3-4-9(16)10(17)6-8/h3-4,6H,2,5,7H2,1H3,(H,19,23). The second-order valence-electron chi connectivity index (χ2n) is 5.11. The maximum atomic E-state index is 12.3. The van der Waals surface area contributed by atoms with Crippen LogP contribution >= 0.6 is 46.6 Å². The van der Waals surface area contributed by atoms with Gasteiger partial charge in [0.25, 0.3) is 0 Å². The van der Waals surface area contributed by atoms with E-state index in [1.165, 1.54) is 16.3 Å². The number of thioether (sulfide) groups is 1. The second-order valence-corrected chi connectivity index (χ2v) is 7.34. The van der Waals surface area contributed by atoms with Crippen LogP contribution in [0.15, 0.2) is 28.2 Å². The molecular weight excluding hydrogens is 391 g/mol. The fourth-order valence-electron chi connectivity index (χ4n) is 2.20. The third-order valence-electron chi connectivity index (χ3n) is 3.32. The minimum atomic E-state index is -0.301. The van der Waals surface area contributed by atoms with Gasteiger partial charge in [-0.1, -0.05) is 59.6 Å². The highest BCUT2D eigenvalue weighted by molar-refractivity contribution is 7.99. The van der Waals surface area contributed by atoms with Crippen LogP contribution in [-0.4, -0.2) is 25.3 Å². The molecule has 9 heteroatoms. The summed E-state index contributed by atoms with van der Waals surface area (Å²) in [5.41, 5.74) is 1.45. The Bertz CT molecular complexity index is 954. The highest BCUT2D eigenvalue weighted by atomic mass is 35.5. The molecule has 0 unspecified atom stereocenters. The number of H-pyrrole nitrogens is 1. The van der Waals surface area contributed by atoms with E-state index >= 15 is 0 Å². The fraction of sp³-hybridized carbons (Fsp3) is 0.267. The van der Waals surface area contributed by atoms with Gasteiger partial charge in [-0.15, -0.1) is 0 Å². The van der Waals surface area contributed by atoms with Crippen LogP contribution in [0.4, 0.5) is 0 Å². The van der Waals surface area contributed by atoms with Crippen molar-refractivity contribution in [3.05, 3.63) is 49.4 Å². The van der Waals surface area contributed by atoms with E-state index in [1.54, 1.807) is 12.1 Å². The molecule has 0 fully saturated rings. The Kier molecular flexibility index (Phi) is 5.39. The van der Waals surface area contributed by atoms with Crippen molar-refractivity contribution in [2.24, 2.45) is 0 Å². The molecule has 0 aliphatic carbocycles. The molecule has 2 aromatic heterocycles. The first kappa shape index (κ1) is 17.6. The lowest BCUT2D eigenvalue weighted by Gasteiger charge is -2.06. The highest BCUT2D eigenvalue weighted by Gasteiger charge is 2.15. The molecule has 0 saturated heterocycles. The van der Waals surface area contributed by atoms with Gasteiger partial charge in [-0.2, -0.15) is 0 Å². The number of rotatable bonds is 5. The largest absolute Gasteiger partial charge is 0.328 e. The van der Waals surface area contributed by atoms with Crippen molar-refractivity contribution in [3.63, 3.8) is 0 Å². The lowest BCUT2D eigenvalue weighted by molar-refractivity contribution is 0.771. The molecule has 0 bridgehead atoms. The van der Waals surface area contributed by atoms with Gasteiger partial charge in [0.05, 0.1) is 16.6 Å². The molecule has 5 nitrogen and oxygen atoms in total. The summed E-state index contributed by atoms with van der Waals surface area (Å²) in [5.74, 6) is 0.878. The number of halogens is 3. The lowest BCUT2D eigenvalue weighted by atomic mass is 10.2. The molecule has 126 valence electrons. The van der Waals surface area contributed by atoms with Crippen LogP contribution < -0.4 is 5.69 Å². The zero-order valence-electron chi connectivity index (χ0n) is 12.6. The van der Waals surface area contributed by atoms with Gasteiger partial charge >= 0.3 is 5.69 Å². The molecule has 2 heterocycles. The Balaban J connectivity index is 2.05. The van der Waals surface area contributed by atoms with Crippen molar-refractivity contribution in [1.29, 1.82) is 0 Å². The molecular formula is C15H13Cl3N4OS. The van der Waals surface area contributed by atoms with Crippen LogP contribution in [0.3, 0.4) is 0 Å². The average molecular weight is 404 g/mol. The number of benzene rings is 1. The number of aromatic nitrogens is 4. The lowest BCUT2D eigenvalue weighted by Crippen LogP contribution is -2.17. The molecule has 0 aliphatic heterocycles. The van der Waals surface area contributed by atoms with Gasteiger partial charge < -0.3 is 4.98 Å². The van der Waals surface area contributed by atoms with Gasteiger partial charge in [0.1, 0.15) is 5.52 Å². The maximum absolute atomic E-state index is 12.3. The van der Waals surface area contributed by atoms with E-state index < -0.39 is 0 Å². The molecule has 3 rings (SSSR count). The summed E-state index contributed by atoms with van der Waals surface area (Å²) in [6.45, 7) is 2.38. The Morgan fingerprint density at radius 2 is 2.00 bits per heavy atom. The molecule has 0 spiro atoms. The van der Waals surface area contributed by atoms with Gasteiger partial charge in [0, 0.05) is 5.75 Å². The molecule has 0 saturated carbocycles. The van der Waals surface area contributed by atoms with Crippen LogP contribution in [0.25, 0.3) is 11.2 Å². The van der Waals surface area contributed by atoms with E-state index in [0.29, 0.717) is 32.9 Å². The van der Waals surface area contributed by atoms with Crippen LogP contribution in [0.5, 0.6) is 0 Å². The van der Waals surface area contributed by atoms with E-state index in [-0.39, 0.29) is 10.8 Å². The number of nitrogens with one attached hydrogen (secondary N) is 1. The van der Waals surface area contributed by atoms with Crippen molar-refractivity contribution in [2.75, 3.05) is 5.75 Å². The fourth-order valence-corrected chi connectivity index (χ4v) is 3.48. The predicted molar refractivity (Wildman–Crippen MR) is 99.7 cm³/mol. The number of hydrogen-bond acceptors (Lipinski definition) is 4. The van der Waals surface area contributed by atoms with Crippen LogP contribution in [0, 0.1) is 0 Å². The van der Waals surface area contributed by atoms with Gasteiger partial charge in [-0.3, -0.25) is 4.57 Å². The average Bonchev–Trinajstić information content (AvgIpc) is 2.86. The Labute approximate surface area is 157 Å². The highest BCUT2D eigenvalue weighted by Crippen LogP contribution is 2.25. The van der Waals surface area contributed by atoms with Crippen molar-refractivity contribution in [1.82, 2.24) is 19.5 Å². The van der Waals surface area contributed by atoms with Gasteiger partial charge in [0.2, 0.25) is 0 Å². The van der Waals surface area contributed by atoms with Crippen molar-refractivity contribution in [3.8, 4) is 0 Å². The van der Waals surface area contributed by atoms with Crippen molar-refractivity contribution in [2.45, 2.75) is 25.0 Å². The van der Waals surface area contributed by atoms with Crippen LogP contribution in [0.2, 0.25) is 15.2 Å². The normalized spacial score (nSPS) is 11.3. The summed E-state index contributed by atoms with van der Waals surface area (Å²) in [6.07, 6.45) is 0.993. The molecule has 0 amide bonds. The summed E-state index contributed by atoms with van der Waals surface area (Å²) < 4.78 is 1.51. The SMILES string of the molecule is CCCSc1nc(Cl)c2[nH]c(=O)n(Cc3ccc(Cl)c(Cl)c3)c2n1. The summed E-state index contributed by atoms with van der Waals surface area (Å²) in [7, 11) is 0. The van der Waals surface area contributed by atoms with Gasteiger partial charge in [-0.25, -0.2) is 14.8 Å². The Hall–Kier alpha value is -1.21. The maximum Gasteiger partial charge on any atom is 0.328 e. The minimum Gasteiger partial charge on any atom is -0.302 e. The minimum absolute atomic E-state index is 0.239. The molecule has 3 aromatic rings. The van der Waals surface area contributed by atoms with Gasteiger partial charge in [0.15, 0.2) is 16.0 Å². The molecule has 1 N–H and O–H groups in total. The zero-order chi connectivity index (χ0) is 17.3. The first-order chi connectivity index (χ1) is 11.5. The van der Waals surface area contributed by atoms with E-state index in [1.807, 2.05) is 6.07 Å². The van der Waals surface area contributed by atoms with Crippen molar-refractivity contribution >= 4 is 57.7 Å². The second kappa shape index (κ2) is 7.35. The van der Waals surface area contributed by atoms with Crippen LogP contribution in [0.1, 0.15) is 18.9 Å². The summed E-state index contributed by atoms with van der Waals surface area (Å²) in [4.78, 5) is 23.7. The summed E-state index contributed by atoms with van der Waals surface area (Å²) in [6, 6.07) is 5.24. The van der Waals surface area contributed by atoms with Crippen LogP contribution in [-0.2, 0) is 6.54 Å². The first-order valence-corrected chi connectivity index (χ1v) is 9.34. The number of nitrogens with zero attached hydrogens (tertiary/aromatic N) is 3. The monoisotopic (exact) mass is 402 g/mol. The Morgan fingerprint density at radius 1 is 1.21 bits per heavy atom. The first-order valence-electron chi connectivity index (χ1n) is 7.22. The van der Waals surface area contributed by atoms with E-state index in [9.17, 15) is 4.79 Å². The predicted octanol–water partition coefficient (Wildman–Crippen LogP) is 4.63. The quantitative estimate of drug-likeness (QED) is 0.383. The molecule has 1 aromatic carbocycles. The molecule has 0 aliphatic rings. The number of hydrogen-bond donors (Lipinski definition) is 1. The zero-order valence-corrected chi connectivity index (χ0v) is 15.7. The molecule has 0 atom stereocenters.